The third-order valence-corrected chi connectivity index (χ3v) is 8.09. The van der Waals surface area contributed by atoms with Crippen LogP contribution >= 0.6 is 0 Å². The number of amides is 1. The Labute approximate surface area is 226 Å². The van der Waals surface area contributed by atoms with E-state index in [2.05, 4.69) is 24.5 Å². The maximum absolute atomic E-state index is 13.3. The molecule has 40 heavy (non-hydrogen) atoms. The van der Waals surface area contributed by atoms with E-state index in [0.29, 0.717) is 5.56 Å². The van der Waals surface area contributed by atoms with Crippen LogP contribution in [0.4, 0.5) is 19.0 Å². The zero-order valence-electron chi connectivity index (χ0n) is 21.2. The zero-order chi connectivity index (χ0) is 29.5. The molecular weight excluding hydrogens is 583 g/mol. The number of aromatic nitrogens is 4. The molecule has 0 aliphatic carbocycles. The van der Waals surface area contributed by atoms with Crippen molar-refractivity contribution in [3.05, 3.63) is 48.5 Å². The molecule has 1 aliphatic rings. The van der Waals surface area contributed by atoms with Gasteiger partial charge in [0.25, 0.3) is 16.0 Å². The average Bonchev–Trinajstić information content (AvgIpc) is 3.42. The average molecular weight is 608 g/mol. The quantitative estimate of drug-likeness (QED) is 0.280. The van der Waals surface area contributed by atoms with Crippen molar-refractivity contribution in [1.82, 2.24) is 19.5 Å². The van der Waals surface area contributed by atoms with Gasteiger partial charge in [-0.15, -0.1) is 0 Å². The van der Waals surface area contributed by atoms with E-state index in [1.165, 1.54) is 6.92 Å². The predicted octanol–water partition coefficient (Wildman–Crippen LogP) is 2.60. The normalized spacial score (nSPS) is 23.9. The zero-order valence-corrected chi connectivity index (χ0v) is 22.8. The summed E-state index contributed by atoms with van der Waals surface area (Å²) in [6, 6.07) is 8.15. The fourth-order valence-electron chi connectivity index (χ4n) is 4.29. The molecule has 0 spiro atoms. The summed E-state index contributed by atoms with van der Waals surface area (Å²) in [6.45, 7) is 2.28. The van der Waals surface area contributed by atoms with Crippen molar-refractivity contribution in [2.75, 3.05) is 18.2 Å². The van der Waals surface area contributed by atoms with Crippen molar-refractivity contribution in [3.8, 4) is 0 Å². The number of imidazole rings is 1. The van der Waals surface area contributed by atoms with E-state index in [0.717, 1.165) is 23.5 Å². The highest BCUT2D eigenvalue weighted by Gasteiger charge is 2.59. The third-order valence-electron chi connectivity index (χ3n) is 6.50. The molecule has 1 N–H and O–H groups in total. The van der Waals surface area contributed by atoms with Gasteiger partial charge in [0.1, 0.15) is 18.0 Å². The van der Waals surface area contributed by atoms with Crippen molar-refractivity contribution in [3.63, 3.8) is 0 Å². The standard InChI is InChI=1S/C22H24F3N5O8S2/c1-4-21(10-36-39(3,32)33)13(2)16(38-40(34,35)22(23,24)25)20(37-21)30-12-28-15-17(26-11-27-18(15)30)29-19(31)14-8-6-5-7-9-14/h5-9,11-13,16,20H,4,10H2,1-3H3,(H,26,27,29,31)/t13-,16-,20+,21-/m0/s1. The van der Waals surface area contributed by atoms with Gasteiger partial charge in [-0.05, 0) is 18.6 Å². The first-order valence-electron chi connectivity index (χ1n) is 11.6. The largest absolute Gasteiger partial charge is 0.523 e. The Balaban J connectivity index is 1.77. The van der Waals surface area contributed by atoms with Gasteiger partial charge in [0.2, 0.25) is 0 Å². The van der Waals surface area contributed by atoms with Crippen molar-refractivity contribution < 1.29 is 47.9 Å². The van der Waals surface area contributed by atoms with Gasteiger partial charge in [0.15, 0.2) is 23.2 Å². The predicted molar refractivity (Wildman–Crippen MR) is 133 cm³/mol. The summed E-state index contributed by atoms with van der Waals surface area (Å²) in [5.41, 5.74) is -7.04. The van der Waals surface area contributed by atoms with Crippen LogP contribution in [0.1, 0.15) is 36.9 Å². The van der Waals surface area contributed by atoms with E-state index in [1.54, 1.807) is 37.3 Å². The highest BCUT2D eigenvalue weighted by molar-refractivity contribution is 7.87. The van der Waals surface area contributed by atoms with Crippen LogP contribution in [0, 0.1) is 5.92 Å². The van der Waals surface area contributed by atoms with Crippen molar-refractivity contribution in [2.24, 2.45) is 5.92 Å². The Bertz CT molecular complexity index is 1620. The lowest BCUT2D eigenvalue weighted by molar-refractivity contribution is -0.110. The molecule has 0 unspecified atom stereocenters. The first kappa shape index (κ1) is 29.8. The number of hydrogen-bond acceptors (Lipinski definition) is 11. The first-order valence-corrected chi connectivity index (χ1v) is 14.9. The van der Waals surface area contributed by atoms with Gasteiger partial charge in [-0.3, -0.25) is 17.7 Å². The van der Waals surface area contributed by atoms with Crippen LogP contribution in [0.15, 0.2) is 43.0 Å². The Morgan fingerprint density at radius 2 is 1.82 bits per heavy atom. The van der Waals surface area contributed by atoms with Gasteiger partial charge in [0, 0.05) is 11.5 Å². The molecule has 1 fully saturated rings. The SMILES string of the molecule is CC[C@@]1(COS(C)(=O)=O)O[C@@H](n2cnc3c(NC(=O)c4ccccc4)ncnc32)[C@@H](OS(=O)(=O)C(F)(F)F)[C@@H]1C. The molecule has 0 bridgehead atoms. The number of halogens is 3. The molecule has 4 atom stereocenters. The molecule has 2 aromatic heterocycles. The molecule has 13 nitrogen and oxygen atoms in total. The molecule has 3 aromatic rings. The summed E-state index contributed by atoms with van der Waals surface area (Å²) < 4.78 is 104. The minimum atomic E-state index is -6.11. The highest BCUT2D eigenvalue weighted by Crippen LogP contribution is 2.47. The van der Waals surface area contributed by atoms with Crippen molar-refractivity contribution in [2.45, 2.75) is 43.7 Å². The van der Waals surface area contributed by atoms with E-state index >= 15 is 0 Å². The van der Waals surface area contributed by atoms with Gasteiger partial charge in [0.05, 0.1) is 19.2 Å². The smallest absolute Gasteiger partial charge is 0.346 e. The number of alkyl halides is 3. The fourth-order valence-corrected chi connectivity index (χ4v) is 5.36. The van der Waals surface area contributed by atoms with Crippen LogP contribution in [0.25, 0.3) is 11.2 Å². The Morgan fingerprint density at radius 1 is 1.15 bits per heavy atom. The molecule has 1 amide bonds. The van der Waals surface area contributed by atoms with Crippen LogP contribution in [0.2, 0.25) is 0 Å². The second-order valence-corrected chi connectivity index (χ2v) is 12.2. The minimum Gasteiger partial charge on any atom is -0.346 e. The molecule has 1 saturated heterocycles. The van der Waals surface area contributed by atoms with Gasteiger partial charge in [-0.1, -0.05) is 32.0 Å². The maximum atomic E-state index is 13.3. The lowest BCUT2D eigenvalue weighted by Gasteiger charge is -2.31. The Kier molecular flexibility index (Phi) is 7.94. The fraction of sp³-hybridized carbons (Fsp3) is 0.455. The second kappa shape index (κ2) is 10.7. The molecule has 218 valence electrons. The van der Waals surface area contributed by atoms with E-state index in [9.17, 15) is 34.8 Å². The number of benzene rings is 1. The Hall–Kier alpha value is -3.19. The van der Waals surface area contributed by atoms with Crippen molar-refractivity contribution >= 4 is 43.1 Å². The van der Waals surface area contributed by atoms with E-state index in [-0.39, 0.29) is 23.4 Å². The Morgan fingerprint density at radius 3 is 2.42 bits per heavy atom. The number of anilines is 1. The van der Waals surface area contributed by atoms with Gasteiger partial charge >= 0.3 is 15.6 Å². The molecule has 0 radical (unpaired) electrons. The van der Waals surface area contributed by atoms with Crippen LogP contribution in [0.5, 0.6) is 0 Å². The number of ether oxygens (including phenoxy) is 1. The molecule has 4 rings (SSSR count). The van der Waals surface area contributed by atoms with Gasteiger partial charge < -0.3 is 10.1 Å². The molecule has 0 saturated carbocycles. The second-order valence-electron chi connectivity index (χ2n) is 9.01. The van der Waals surface area contributed by atoms with E-state index < -0.39 is 62.1 Å². The van der Waals surface area contributed by atoms with Crippen LogP contribution in [0.3, 0.4) is 0 Å². The summed E-state index contributed by atoms with van der Waals surface area (Å²) in [7, 11) is -10.1. The molecular formula is C22H24F3N5O8S2. The number of rotatable bonds is 9. The summed E-state index contributed by atoms with van der Waals surface area (Å²) in [6.07, 6.45) is -0.457. The summed E-state index contributed by atoms with van der Waals surface area (Å²) in [4.78, 5) is 24.9. The number of carbonyl (C=O) groups is 1. The monoisotopic (exact) mass is 607 g/mol. The molecule has 1 aromatic carbocycles. The van der Waals surface area contributed by atoms with Crippen LogP contribution in [-0.2, 0) is 33.3 Å². The van der Waals surface area contributed by atoms with Crippen molar-refractivity contribution in [1.29, 1.82) is 0 Å². The van der Waals surface area contributed by atoms with Crippen LogP contribution in [-0.4, -0.2) is 72.3 Å². The maximum Gasteiger partial charge on any atom is 0.523 e. The van der Waals surface area contributed by atoms with Crippen LogP contribution < -0.4 is 5.32 Å². The van der Waals surface area contributed by atoms with Gasteiger partial charge in [-0.2, -0.15) is 30.0 Å². The lowest BCUT2D eigenvalue weighted by atomic mass is 9.85. The third kappa shape index (κ3) is 5.80. The summed E-state index contributed by atoms with van der Waals surface area (Å²) in [5, 5.41) is 2.58. The van der Waals surface area contributed by atoms with E-state index in [4.69, 9.17) is 8.92 Å². The highest BCUT2D eigenvalue weighted by atomic mass is 32.2. The number of nitrogens with one attached hydrogen (secondary N) is 1. The van der Waals surface area contributed by atoms with E-state index in [1.807, 2.05) is 0 Å². The number of carbonyl (C=O) groups excluding carboxylic acids is 1. The summed E-state index contributed by atoms with van der Waals surface area (Å²) in [5.74, 6) is -1.70. The lowest BCUT2D eigenvalue weighted by Crippen LogP contribution is -2.43. The topological polar surface area (TPSA) is 169 Å². The van der Waals surface area contributed by atoms with Gasteiger partial charge in [-0.25, -0.2) is 15.0 Å². The summed E-state index contributed by atoms with van der Waals surface area (Å²) >= 11 is 0. The number of fused-ring (bicyclic) bond motifs is 1. The molecule has 1 aliphatic heterocycles. The number of nitrogens with zero attached hydrogens (tertiary/aromatic N) is 4. The first-order chi connectivity index (χ1) is 18.6. The molecule has 3 heterocycles. The minimum absolute atomic E-state index is 0.00606. The molecule has 18 heteroatoms. The number of hydrogen-bond donors (Lipinski definition) is 1.